The fourth-order valence-corrected chi connectivity index (χ4v) is 1.85. The third-order valence-corrected chi connectivity index (χ3v) is 3.19. The van der Waals surface area contributed by atoms with E-state index in [2.05, 4.69) is 35.3 Å². The van der Waals surface area contributed by atoms with E-state index in [0.29, 0.717) is 0 Å². The van der Waals surface area contributed by atoms with E-state index in [1.807, 2.05) is 12.4 Å². The van der Waals surface area contributed by atoms with Crippen molar-refractivity contribution in [1.29, 1.82) is 0 Å². The number of hydrogen-bond acceptors (Lipinski definition) is 2. The summed E-state index contributed by atoms with van der Waals surface area (Å²) < 4.78 is 2.09. The molecule has 1 aliphatic rings. The zero-order valence-corrected chi connectivity index (χ0v) is 8.57. The van der Waals surface area contributed by atoms with Crippen molar-refractivity contribution < 1.29 is 0 Å². The van der Waals surface area contributed by atoms with Gasteiger partial charge in [-0.25, -0.2) is 4.98 Å². The minimum absolute atomic E-state index is 0.719. The smallest absolute Gasteiger partial charge is 0.122 e. The predicted molar refractivity (Wildman–Crippen MR) is 52.2 cm³/mol. The molecule has 0 saturated carbocycles. The molecule has 3 heteroatoms. The molecule has 13 heavy (non-hydrogen) atoms. The molecule has 72 valence electrons. The van der Waals surface area contributed by atoms with Gasteiger partial charge >= 0.3 is 0 Å². The van der Waals surface area contributed by atoms with Gasteiger partial charge in [0.2, 0.25) is 0 Å². The van der Waals surface area contributed by atoms with E-state index in [9.17, 15) is 0 Å². The Morgan fingerprint density at radius 2 is 2.31 bits per heavy atom. The second-order valence-electron chi connectivity index (χ2n) is 4.10. The Morgan fingerprint density at radius 3 is 2.77 bits per heavy atom. The predicted octanol–water partition coefficient (Wildman–Crippen LogP) is 1.26. The number of hydrogen-bond donors (Lipinski definition) is 0. The summed E-state index contributed by atoms with van der Waals surface area (Å²) in [5.41, 5.74) is 0. The monoisotopic (exact) mass is 179 g/mol. The molecule has 0 radical (unpaired) electrons. The van der Waals surface area contributed by atoms with Crippen molar-refractivity contribution >= 4 is 0 Å². The molecule has 1 aromatic heterocycles. The number of aryl methyl sites for hydroxylation is 1. The van der Waals surface area contributed by atoms with E-state index >= 15 is 0 Å². The van der Waals surface area contributed by atoms with Crippen molar-refractivity contribution in [3.63, 3.8) is 0 Å². The summed E-state index contributed by atoms with van der Waals surface area (Å²) in [5, 5.41) is 0. The van der Waals surface area contributed by atoms with Crippen LogP contribution >= 0.6 is 0 Å². The highest BCUT2D eigenvalue weighted by molar-refractivity contribution is 4.95. The van der Waals surface area contributed by atoms with Crippen LogP contribution in [-0.2, 0) is 13.6 Å². The Balaban J connectivity index is 1.97. The van der Waals surface area contributed by atoms with Crippen molar-refractivity contribution in [2.75, 3.05) is 6.54 Å². The zero-order chi connectivity index (χ0) is 9.42. The van der Waals surface area contributed by atoms with E-state index in [-0.39, 0.29) is 0 Å². The number of likely N-dealkylation sites (tertiary alicyclic amines) is 1. The van der Waals surface area contributed by atoms with Crippen molar-refractivity contribution in [2.45, 2.75) is 26.4 Å². The Morgan fingerprint density at radius 1 is 1.54 bits per heavy atom. The number of rotatable bonds is 2. The van der Waals surface area contributed by atoms with Gasteiger partial charge in [0.25, 0.3) is 0 Å². The molecule has 0 bridgehead atoms. The zero-order valence-electron chi connectivity index (χ0n) is 8.57. The standard InChI is InChI=1S/C10H17N3/c1-8-6-13(9(8)2)7-10-11-4-5-12(10)3/h4-5,8-9H,6-7H2,1-3H3. The Hall–Kier alpha value is -0.830. The highest BCUT2D eigenvalue weighted by atomic mass is 15.2. The van der Waals surface area contributed by atoms with Gasteiger partial charge in [-0.15, -0.1) is 0 Å². The average molecular weight is 179 g/mol. The minimum atomic E-state index is 0.719. The van der Waals surface area contributed by atoms with Crippen LogP contribution < -0.4 is 0 Å². The third kappa shape index (κ3) is 1.48. The molecule has 3 nitrogen and oxygen atoms in total. The number of imidazole rings is 1. The topological polar surface area (TPSA) is 21.1 Å². The van der Waals surface area contributed by atoms with Crippen molar-refractivity contribution in [2.24, 2.45) is 13.0 Å². The maximum absolute atomic E-state index is 4.32. The van der Waals surface area contributed by atoms with Crippen LogP contribution in [0.4, 0.5) is 0 Å². The van der Waals surface area contributed by atoms with Crippen LogP contribution in [0.25, 0.3) is 0 Å². The Labute approximate surface area is 79.4 Å². The molecule has 1 saturated heterocycles. The molecule has 2 unspecified atom stereocenters. The lowest BCUT2D eigenvalue weighted by Gasteiger charge is -2.44. The highest BCUT2D eigenvalue weighted by Gasteiger charge is 2.31. The second kappa shape index (κ2) is 3.14. The summed E-state index contributed by atoms with van der Waals surface area (Å²) in [6.07, 6.45) is 3.87. The van der Waals surface area contributed by atoms with Gasteiger partial charge in [0, 0.05) is 32.0 Å². The van der Waals surface area contributed by atoms with Crippen LogP contribution in [0.5, 0.6) is 0 Å². The first kappa shape index (κ1) is 8.75. The molecule has 2 rings (SSSR count). The first-order chi connectivity index (χ1) is 6.18. The summed E-state index contributed by atoms with van der Waals surface area (Å²) in [4.78, 5) is 6.78. The molecule has 0 aliphatic carbocycles. The van der Waals surface area contributed by atoms with Gasteiger partial charge in [-0.3, -0.25) is 4.90 Å². The molecular formula is C10H17N3. The molecule has 0 spiro atoms. The first-order valence-corrected chi connectivity index (χ1v) is 4.88. The average Bonchev–Trinajstić information content (AvgIpc) is 2.51. The second-order valence-corrected chi connectivity index (χ2v) is 4.10. The van der Waals surface area contributed by atoms with Crippen LogP contribution in [0.2, 0.25) is 0 Å². The lowest BCUT2D eigenvalue weighted by molar-refractivity contribution is 0.0275. The number of aromatic nitrogens is 2. The maximum atomic E-state index is 4.32. The van der Waals surface area contributed by atoms with E-state index in [1.165, 1.54) is 12.4 Å². The highest BCUT2D eigenvalue weighted by Crippen LogP contribution is 2.24. The van der Waals surface area contributed by atoms with Crippen LogP contribution in [0.1, 0.15) is 19.7 Å². The lowest BCUT2D eigenvalue weighted by atomic mass is 9.92. The largest absolute Gasteiger partial charge is 0.337 e. The van der Waals surface area contributed by atoms with Crippen molar-refractivity contribution in [3.8, 4) is 0 Å². The molecular weight excluding hydrogens is 162 g/mol. The normalized spacial score (nSPS) is 28.8. The van der Waals surface area contributed by atoms with Crippen molar-refractivity contribution in [3.05, 3.63) is 18.2 Å². The summed E-state index contributed by atoms with van der Waals surface area (Å²) >= 11 is 0. The van der Waals surface area contributed by atoms with Crippen LogP contribution in [0.15, 0.2) is 12.4 Å². The fourth-order valence-electron chi connectivity index (χ4n) is 1.85. The van der Waals surface area contributed by atoms with Gasteiger partial charge in [-0.1, -0.05) is 6.92 Å². The van der Waals surface area contributed by atoms with E-state index in [0.717, 1.165) is 18.5 Å². The fraction of sp³-hybridized carbons (Fsp3) is 0.700. The molecule has 2 heterocycles. The molecule has 1 aliphatic heterocycles. The van der Waals surface area contributed by atoms with E-state index in [4.69, 9.17) is 0 Å². The van der Waals surface area contributed by atoms with E-state index in [1.54, 1.807) is 0 Å². The van der Waals surface area contributed by atoms with Crippen LogP contribution in [0.3, 0.4) is 0 Å². The van der Waals surface area contributed by atoms with E-state index < -0.39 is 0 Å². The number of nitrogens with zero attached hydrogens (tertiary/aromatic N) is 3. The molecule has 1 aromatic rings. The molecule has 0 aromatic carbocycles. The minimum Gasteiger partial charge on any atom is -0.337 e. The maximum Gasteiger partial charge on any atom is 0.122 e. The van der Waals surface area contributed by atoms with Gasteiger partial charge in [0.05, 0.1) is 6.54 Å². The summed E-state index contributed by atoms with van der Waals surface area (Å²) in [7, 11) is 2.05. The molecule has 0 N–H and O–H groups in total. The summed E-state index contributed by atoms with van der Waals surface area (Å²) in [6, 6.07) is 0.719. The SMILES string of the molecule is CC1CN(Cc2nccn2C)C1C. The third-order valence-electron chi connectivity index (χ3n) is 3.19. The van der Waals surface area contributed by atoms with Gasteiger partial charge in [0.1, 0.15) is 5.82 Å². The Kier molecular flexibility index (Phi) is 2.12. The van der Waals surface area contributed by atoms with Crippen LogP contribution in [-0.4, -0.2) is 27.0 Å². The molecule has 0 amide bonds. The van der Waals surface area contributed by atoms with Crippen LogP contribution in [0, 0.1) is 5.92 Å². The summed E-state index contributed by atoms with van der Waals surface area (Å²) in [6.45, 7) is 6.81. The summed E-state index contributed by atoms with van der Waals surface area (Å²) in [5.74, 6) is 2.01. The first-order valence-electron chi connectivity index (χ1n) is 4.88. The molecule has 1 fully saturated rings. The van der Waals surface area contributed by atoms with Crippen molar-refractivity contribution in [1.82, 2.24) is 14.5 Å². The molecule has 2 atom stereocenters. The van der Waals surface area contributed by atoms with Gasteiger partial charge in [-0.05, 0) is 12.8 Å². The Bertz CT molecular complexity index is 292. The van der Waals surface area contributed by atoms with Gasteiger partial charge in [-0.2, -0.15) is 0 Å². The van der Waals surface area contributed by atoms with Gasteiger partial charge in [0.15, 0.2) is 0 Å². The quantitative estimate of drug-likeness (QED) is 0.681. The lowest BCUT2D eigenvalue weighted by Crippen LogP contribution is -2.52. The van der Waals surface area contributed by atoms with Gasteiger partial charge < -0.3 is 4.57 Å².